The fourth-order valence-electron chi connectivity index (χ4n) is 3.74. The van der Waals surface area contributed by atoms with Crippen molar-refractivity contribution in [3.8, 4) is 11.5 Å². The van der Waals surface area contributed by atoms with Gasteiger partial charge >= 0.3 is 0 Å². The number of sulfonamides is 1. The summed E-state index contributed by atoms with van der Waals surface area (Å²) in [4.78, 5) is 28.0. The molecule has 9 nitrogen and oxygen atoms in total. The zero-order chi connectivity index (χ0) is 26.5. The van der Waals surface area contributed by atoms with Crippen LogP contribution in [0.3, 0.4) is 0 Å². The lowest BCUT2D eigenvalue weighted by Crippen LogP contribution is -2.52. The zero-order valence-corrected chi connectivity index (χ0v) is 22.3. The van der Waals surface area contributed by atoms with Crippen molar-refractivity contribution in [1.29, 1.82) is 0 Å². The van der Waals surface area contributed by atoms with Crippen molar-refractivity contribution >= 4 is 27.5 Å². The number of amides is 2. The van der Waals surface area contributed by atoms with E-state index in [0.717, 1.165) is 28.1 Å². The molecule has 10 heteroatoms. The van der Waals surface area contributed by atoms with E-state index in [2.05, 4.69) is 5.32 Å². The molecule has 0 radical (unpaired) electrons. The molecule has 1 aliphatic rings. The summed E-state index contributed by atoms with van der Waals surface area (Å²) < 4.78 is 37.6. The molecule has 36 heavy (non-hydrogen) atoms. The highest BCUT2D eigenvalue weighted by Gasteiger charge is 2.31. The van der Waals surface area contributed by atoms with E-state index in [-0.39, 0.29) is 24.2 Å². The molecule has 0 saturated heterocycles. The molecule has 0 fully saturated rings. The number of carbonyl (C=O) groups is 2. The number of hydrogen-bond donors (Lipinski definition) is 1. The molecule has 2 amide bonds. The minimum Gasteiger partial charge on any atom is -0.486 e. The maximum atomic E-state index is 13.6. The van der Waals surface area contributed by atoms with Gasteiger partial charge in [0.15, 0.2) is 11.5 Å². The minimum absolute atomic E-state index is 0.0542. The number of anilines is 1. The van der Waals surface area contributed by atoms with Gasteiger partial charge in [-0.3, -0.25) is 13.9 Å². The summed E-state index contributed by atoms with van der Waals surface area (Å²) in [7, 11) is -3.83. The summed E-state index contributed by atoms with van der Waals surface area (Å²) in [5.41, 5.74) is 2.19. The molecule has 0 spiro atoms. The first-order valence-corrected chi connectivity index (χ1v) is 13.9. The smallest absolute Gasteiger partial charge is 0.244 e. The Balaban J connectivity index is 1.91. The van der Waals surface area contributed by atoms with E-state index < -0.39 is 28.5 Å². The van der Waals surface area contributed by atoms with Crippen molar-refractivity contribution < 1.29 is 27.5 Å². The van der Waals surface area contributed by atoms with Crippen molar-refractivity contribution in [2.75, 3.05) is 30.3 Å². The van der Waals surface area contributed by atoms with E-state index in [1.807, 2.05) is 45.0 Å². The number of nitrogens with one attached hydrogen (secondary N) is 1. The summed E-state index contributed by atoms with van der Waals surface area (Å²) in [6.07, 6.45) is 1.79. The molecule has 2 aromatic rings. The number of benzene rings is 2. The second-order valence-corrected chi connectivity index (χ2v) is 11.0. The van der Waals surface area contributed by atoms with Gasteiger partial charge in [-0.05, 0) is 44.9 Å². The van der Waals surface area contributed by atoms with Gasteiger partial charge in [0.2, 0.25) is 21.8 Å². The van der Waals surface area contributed by atoms with Gasteiger partial charge in [0.05, 0.1) is 11.9 Å². The highest BCUT2D eigenvalue weighted by Crippen LogP contribution is 2.34. The van der Waals surface area contributed by atoms with E-state index in [1.165, 1.54) is 4.90 Å². The molecule has 1 heterocycles. The first-order chi connectivity index (χ1) is 17.0. The number of rotatable bonds is 10. The van der Waals surface area contributed by atoms with Crippen molar-refractivity contribution in [3.05, 3.63) is 53.6 Å². The van der Waals surface area contributed by atoms with E-state index in [9.17, 15) is 18.0 Å². The quantitative estimate of drug-likeness (QED) is 0.520. The summed E-state index contributed by atoms with van der Waals surface area (Å²) in [6.45, 7) is 7.92. The molecule has 0 aromatic heterocycles. The first-order valence-electron chi connectivity index (χ1n) is 12.0. The van der Waals surface area contributed by atoms with Crippen molar-refractivity contribution in [1.82, 2.24) is 10.2 Å². The molecule has 0 saturated carbocycles. The lowest BCUT2D eigenvalue weighted by Gasteiger charge is -2.32. The van der Waals surface area contributed by atoms with E-state index in [1.54, 1.807) is 25.1 Å². The Kier molecular flexibility index (Phi) is 8.84. The Morgan fingerprint density at radius 2 is 1.67 bits per heavy atom. The van der Waals surface area contributed by atoms with Crippen molar-refractivity contribution in [3.63, 3.8) is 0 Å². The molecule has 196 valence electrons. The second-order valence-electron chi connectivity index (χ2n) is 9.10. The molecule has 0 aliphatic carbocycles. The van der Waals surface area contributed by atoms with Crippen LogP contribution in [0, 0.1) is 6.92 Å². The highest BCUT2D eigenvalue weighted by molar-refractivity contribution is 7.92. The lowest BCUT2D eigenvalue weighted by molar-refractivity contribution is -0.139. The predicted octanol–water partition coefficient (Wildman–Crippen LogP) is 2.86. The van der Waals surface area contributed by atoms with Crippen LogP contribution in [0.15, 0.2) is 42.5 Å². The molecule has 2 aromatic carbocycles. The van der Waals surface area contributed by atoms with Crippen LogP contribution >= 0.6 is 0 Å². The predicted molar refractivity (Wildman–Crippen MR) is 139 cm³/mol. The van der Waals surface area contributed by atoms with Gasteiger partial charge in [-0.2, -0.15) is 0 Å². The van der Waals surface area contributed by atoms with Crippen LogP contribution in [0.1, 0.15) is 38.3 Å². The van der Waals surface area contributed by atoms with Gasteiger partial charge in [0, 0.05) is 18.7 Å². The number of fused-ring (bicyclic) bond motifs is 1. The van der Waals surface area contributed by atoms with Crippen LogP contribution in [0.4, 0.5) is 5.69 Å². The Hall–Kier alpha value is -3.27. The zero-order valence-electron chi connectivity index (χ0n) is 21.5. The number of carbonyl (C=O) groups excluding carboxylic acids is 2. The third-order valence-electron chi connectivity index (χ3n) is 6.13. The maximum absolute atomic E-state index is 13.6. The summed E-state index contributed by atoms with van der Waals surface area (Å²) in [5, 5.41) is 2.91. The number of nitrogens with zero attached hydrogens (tertiary/aromatic N) is 2. The van der Waals surface area contributed by atoms with Crippen molar-refractivity contribution in [2.24, 2.45) is 0 Å². The summed E-state index contributed by atoms with van der Waals surface area (Å²) in [6, 6.07) is 11.5. The molecule has 3 rings (SSSR count). The fraction of sp³-hybridized carbons (Fsp3) is 0.462. The second kappa shape index (κ2) is 11.6. The maximum Gasteiger partial charge on any atom is 0.244 e. The Morgan fingerprint density at radius 1 is 1.03 bits per heavy atom. The minimum atomic E-state index is -3.83. The molecule has 2 atom stereocenters. The van der Waals surface area contributed by atoms with Crippen LogP contribution in [-0.4, -0.2) is 63.2 Å². The first kappa shape index (κ1) is 27.3. The van der Waals surface area contributed by atoms with Gasteiger partial charge < -0.3 is 19.7 Å². The van der Waals surface area contributed by atoms with Gasteiger partial charge in [0.1, 0.15) is 25.8 Å². The van der Waals surface area contributed by atoms with Gasteiger partial charge in [0.25, 0.3) is 0 Å². The number of aryl methyl sites for hydroxylation is 1. The SMILES string of the molecule is CCC(C)NC(=O)C(C)N(Cc1ccc(C)cc1)C(=O)CN(c1ccc2c(c1)OCCO2)S(C)(=O)=O. The van der Waals surface area contributed by atoms with Crippen LogP contribution in [0.2, 0.25) is 0 Å². The largest absolute Gasteiger partial charge is 0.486 e. The Bertz CT molecular complexity index is 1180. The van der Waals surface area contributed by atoms with E-state index >= 15 is 0 Å². The molecule has 1 aliphatic heterocycles. The number of ether oxygens (including phenoxy) is 2. The third kappa shape index (κ3) is 6.90. The molecular formula is C26H35N3O6S. The fourth-order valence-corrected chi connectivity index (χ4v) is 4.58. The monoisotopic (exact) mass is 517 g/mol. The van der Waals surface area contributed by atoms with Gasteiger partial charge in [-0.1, -0.05) is 36.8 Å². The van der Waals surface area contributed by atoms with Crippen LogP contribution in [0.25, 0.3) is 0 Å². The Morgan fingerprint density at radius 3 is 2.28 bits per heavy atom. The molecular weight excluding hydrogens is 482 g/mol. The topological polar surface area (TPSA) is 105 Å². The van der Waals surface area contributed by atoms with E-state index in [4.69, 9.17) is 9.47 Å². The standard InChI is InChI=1S/C26H35N3O6S/c1-6-19(3)27-26(31)20(4)28(16-21-9-7-18(2)8-10-21)25(30)17-29(36(5,32)33)22-11-12-23-24(15-22)35-14-13-34-23/h7-12,15,19-20H,6,13-14,16-17H2,1-5H3,(H,27,31). The summed E-state index contributed by atoms with van der Waals surface area (Å²) >= 11 is 0. The van der Waals surface area contributed by atoms with Crippen LogP contribution in [0.5, 0.6) is 11.5 Å². The number of hydrogen-bond acceptors (Lipinski definition) is 6. The normalized spacial score (nSPS) is 14.5. The van der Waals surface area contributed by atoms with Crippen LogP contribution < -0.4 is 19.1 Å². The average molecular weight is 518 g/mol. The van der Waals surface area contributed by atoms with Gasteiger partial charge in [-0.15, -0.1) is 0 Å². The average Bonchev–Trinajstić information content (AvgIpc) is 2.85. The molecule has 1 N–H and O–H groups in total. The van der Waals surface area contributed by atoms with Gasteiger partial charge in [-0.25, -0.2) is 8.42 Å². The van der Waals surface area contributed by atoms with E-state index in [0.29, 0.717) is 24.7 Å². The Labute approximate surface area is 213 Å². The lowest BCUT2D eigenvalue weighted by atomic mass is 10.1. The summed E-state index contributed by atoms with van der Waals surface area (Å²) in [5.74, 6) is 0.136. The van der Waals surface area contributed by atoms with Crippen molar-refractivity contribution in [2.45, 2.75) is 52.7 Å². The molecule has 2 unspecified atom stereocenters. The van der Waals surface area contributed by atoms with Crippen LogP contribution in [-0.2, 0) is 26.2 Å². The third-order valence-corrected chi connectivity index (χ3v) is 7.28. The highest BCUT2D eigenvalue weighted by atomic mass is 32.2. The molecule has 0 bridgehead atoms.